The second-order valence-corrected chi connectivity index (χ2v) is 9.45. The molecule has 0 radical (unpaired) electrons. The number of benzene rings is 2. The van der Waals surface area contributed by atoms with Crippen molar-refractivity contribution in [2.75, 3.05) is 5.32 Å². The summed E-state index contributed by atoms with van der Waals surface area (Å²) in [5.74, 6) is 0.0958. The lowest BCUT2D eigenvalue weighted by Crippen LogP contribution is -2.05. The number of aromatic nitrogens is 4. The molecule has 30 heavy (non-hydrogen) atoms. The van der Waals surface area contributed by atoms with Crippen LogP contribution in [0.1, 0.15) is 5.56 Å². The van der Waals surface area contributed by atoms with Gasteiger partial charge in [0.1, 0.15) is 5.82 Å². The Balaban J connectivity index is 1.70. The topological polar surface area (TPSA) is 89.2 Å². The number of nitrogens with one attached hydrogen (secondary N) is 1. The molecule has 10 heteroatoms. The molecule has 5 rings (SSSR count). The molecule has 0 aliphatic rings. The molecule has 3 heterocycles. The SMILES string of the molecule is Cc1ccc(S(=O)(=O)c2nnn3c2nc(Nc2ccc(F)cc2)c2sccc23)cc1. The summed E-state index contributed by atoms with van der Waals surface area (Å²) in [6, 6.07) is 14.2. The van der Waals surface area contributed by atoms with Crippen LogP contribution in [0.15, 0.2) is 69.9 Å². The predicted molar refractivity (Wildman–Crippen MR) is 112 cm³/mol. The molecule has 0 atom stereocenters. The van der Waals surface area contributed by atoms with Crippen LogP contribution in [-0.2, 0) is 9.84 Å². The Kier molecular flexibility index (Phi) is 4.26. The average molecular weight is 439 g/mol. The van der Waals surface area contributed by atoms with Crippen molar-refractivity contribution in [3.05, 3.63) is 71.4 Å². The van der Waals surface area contributed by atoms with Crippen molar-refractivity contribution >= 4 is 48.5 Å². The number of nitrogens with zero attached hydrogens (tertiary/aromatic N) is 4. The van der Waals surface area contributed by atoms with Gasteiger partial charge in [-0.05, 0) is 54.8 Å². The minimum Gasteiger partial charge on any atom is -0.339 e. The molecule has 2 aromatic carbocycles. The van der Waals surface area contributed by atoms with Gasteiger partial charge in [0.25, 0.3) is 0 Å². The van der Waals surface area contributed by atoms with E-state index in [2.05, 4.69) is 20.6 Å². The minimum absolute atomic E-state index is 0.117. The molecule has 0 fully saturated rings. The standard InChI is InChI=1S/C20H14FN5O2S2/c1-12-2-8-15(9-3-12)30(27,28)20-19-23-18(22-14-6-4-13(21)5-7-14)17-16(10-11-29-17)26(19)25-24-20/h2-11H,1H3,(H,22,23). The second kappa shape index (κ2) is 6.85. The lowest BCUT2D eigenvalue weighted by atomic mass is 10.2. The van der Waals surface area contributed by atoms with Crippen LogP contribution in [0.5, 0.6) is 0 Å². The first-order valence-corrected chi connectivity index (χ1v) is 11.3. The molecule has 0 aliphatic carbocycles. The van der Waals surface area contributed by atoms with Crippen LogP contribution < -0.4 is 5.32 Å². The van der Waals surface area contributed by atoms with Gasteiger partial charge < -0.3 is 5.32 Å². The van der Waals surface area contributed by atoms with Crippen LogP contribution in [0.2, 0.25) is 0 Å². The first-order valence-electron chi connectivity index (χ1n) is 8.90. The van der Waals surface area contributed by atoms with Gasteiger partial charge in [0, 0.05) is 5.69 Å². The molecule has 0 spiro atoms. The second-order valence-electron chi connectivity index (χ2n) is 6.67. The molecule has 3 aromatic heterocycles. The smallest absolute Gasteiger partial charge is 0.229 e. The summed E-state index contributed by atoms with van der Waals surface area (Å²) >= 11 is 1.43. The van der Waals surface area contributed by atoms with Crippen molar-refractivity contribution in [3.63, 3.8) is 0 Å². The summed E-state index contributed by atoms with van der Waals surface area (Å²) in [5.41, 5.74) is 2.36. The van der Waals surface area contributed by atoms with E-state index < -0.39 is 9.84 Å². The molecular weight excluding hydrogens is 425 g/mol. The van der Waals surface area contributed by atoms with E-state index in [0.717, 1.165) is 10.3 Å². The van der Waals surface area contributed by atoms with E-state index in [-0.39, 0.29) is 21.4 Å². The van der Waals surface area contributed by atoms with Gasteiger partial charge in [0.05, 0.1) is 15.1 Å². The highest BCUT2D eigenvalue weighted by Crippen LogP contribution is 2.32. The monoisotopic (exact) mass is 439 g/mol. The molecule has 7 nitrogen and oxygen atoms in total. The fourth-order valence-corrected chi connectivity index (χ4v) is 5.13. The highest BCUT2D eigenvalue weighted by atomic mass is 32.2. The number of aryl methyl sites for hydroxylation is 1. The fourth-order valence-electron chi connectivity index (χ4n) is 3.08. The Morgan fingerprint density at radius 1 is 1.03 bits per heavy atom. The third-order valence-corrected chi connectivity index (χ3v) is 7.19. The van der Waals surface area contributed by atoms with Gasteiger partial charge >= 0.3 is 0 Å². The Bertz CT molecular complexity index is 1490. The Morgan fingerprint density at radius 3 is 2.50 bits per heavy atom. The van der Waals surface area contributed by atoms with Crippen molar-refractivity contribution in [1.29, 1.82) is 0 Å². The van der Waals surface area contributed by atoms with Crippen LogP contribution >= 0.6 is 11.3 Å². The maximum absolute atomic E-state index is 13.2. The van der Waals surface area contributed by atoms with Gasteiger partial charge in [0.15, 0.2) is 11.5 Å². The largest absolute Gasteiger partial charge is 0.339 e. The molecule has 150 valence electrons. The Morgan fingerprint density at radius 2 is 1.77 bits per heavy atom. The number of hydrogen-bond acceptors (Lipinski definition) is 7. The molecule has 5 aromatic rings. The molecule has 0 aliphatic heterocycles. The first-order chi connectivity index (χ1) is 14.4. The van der Waals surface area contributed by atoms with Crippen LogP contribution in [-0.4, -0.2) is 28.2 Å². The summed E-state index contributed by atoms with van der Waals surface area (Å²) in [7, 11) is -3.92. The van der Waals surface area contributed by atoms with E-state index in [4.69, 9.17) is 0 Å². The van der Waals surface area contributed by atoms with Gasteiger partial charge in [-0.3, -0.25) is 0 Å². The summed E-state index contributed by atoms with van der Waals surface area (Å²) in [6.45, 7) is 1.88. The van der Waals surface area contributed by atoms with Crippen molar-refractivity contribution in [2.24, 2.45) is 0 Å². The number of halogens is 1. The van der Waals surface area contributed by atoms with Gasteiger partial charge in [-0.25, -0.2) is 17.8 Å². The maximum atomic E-state index is 13.2. The van der Waals surface area contributed by atoms with E-state index in [1.165, 1.54) is 40.1 Å². The average Bonchev–Trinajstić information content (AvgIpc) is 3.37. The number of thiophene rings is 1. The van der Waals surface area contributed by atoms with Gasteiger partial charge in [-0.2, -0.15) is 4.52 Å². The molecule has 0 saturated carbocycles. The summed E-state index contributed by atoms with van der Waals surface area (Å²) in [5, 5.41) is 12.8. The summed E-state index contributed by atoms with van der Waals surface area (Å²) in [6.07, 6.45) is 0. The van der Waals surface area contributed by atoms with Gasteiger partial charge in [-0.1, -0.05) is 22.9 Å². The quantitative estimate of drug-likeness (QED) is 0.448. The molecule has 0 bridgehead atoms. The van der Waals surface area contributed by atoms with Crippen LogP contribution in [0.4, 0.5) is 15.9 Å². The molecule has 1 N–H and O–H groups in total. The lowest BCUT2D eigenvalue weighted by Gasteiger charge is -2.08. The van der Waals surface area contributed by atoms with E-state index in [1.807, 2.05) is 18.4 Å². The van der Waals surface area contributed by atoms with Crippen molar-refractivity contribution < 1.29 is 12.8 Å². The first kappa shape index (κ1) is 18.6. The maximum Gasteiger partial charge on any atom is 0.229 e. The van der Waals surface area contributed by atoms with Crippen molar-refractivity contribution in [2.45, 2.75) is 16.8 Å². The number of hydrogen-bond donors (Lipinski definition) is 1. The van der Waals surface area contributed by atoms with E-state index in [9.17, 15) is 12.8 Å². The fraction of sp³-hybridized carbons (Fsp3) is 0.0500. The summed E-state index contributed by atoms with van der Waals surface area (Å²) < 4.78 is 41.8. The predicted octanol–water partition coefficient (Wildman–Crippen LogP) is 4.36. The third-order valence-electron chi connectivity index (χ3n) is 4.62. The summed E-state index contributed by atoms with van der Waals surface area (Å²) in [4.78, 5) is 4.65. The highest BCUT2D eigenvalue weighted by molar-refractivity contribution is 7.91. The van der Waals surface area contributed by atoms with Gasteiger partial charge in [0.2, 0.25) is 14.9 Å². The highest BCUT2D eigenvalue weighted by Gasteiger charge is 2.27. The number of fused-ring (bicyclic) bond motifs is 3. The molecule has 0 amide bonds. The van der Waals surface area contributed by atoms with Crippen molar-refractivity contribution in [1.82, 2.24) is 19.8 Å². The Hall–Kier alpha value is -3.37. The Labute approximate surface area is 174 Å². The lowest BCUT2D eigenvalue weighted by molar-refractivity contribution is 0.592. The number of anilines is 2. The van der Waals surface area contributed by atoms with Crippen LogP contribution in [0, 0.1) is 12.7 Å². The zero-order valence-electron chi connectivity index (χ0n) is 15.6. The normalized spacial score (nSPS) is 11.9. The van der Waals surface area contributed by atoms with Crippen LogP contribution in [0.25, 0.3) is 15.9 Å². The number of sulfone groups is 1. The minimum atomic E-state index is -3.92. The number of rotatable bonds is 4. The molecule has 0 saturated heterocycles. The van der Waals surface area contributed by atoms with Gasteiger partial charge in [-0.15, -0.1) is 16.4 Å². The third kappa shape index (κ3) is 3.01. The zero-order valence-corrected chi connectivity index (χ0v) is 17.2. The van der Waals surface area contributed by atoms with Crippen LogP contribution in [0.3, 0.4) is 0 Å². The van der Waals surface area contributed by atoms with E-state index in [1.54, 1.807) is 24.3 Å². The van der Waals surface area contributed by atoms with E-state index in [0.29, 0.717) is 17.0 Å². The van der Waals surface area contributed by atoms with E-state index >= 15 is 0 Å². The zero-order chi connectivity index (χ0) is 20.9. The van der Waals surface area contributed by atoms with Crippen molar-refractivity contribution in [3.8, 4) is 0 Å². The molecular formula is C20H14FN5O2S2. The molecule has 0 unspecified atom stereocenters.